The number of aliphatic hydroxyl groups is 2. The van der Waals surface area contributed by atoms with Crippen LogP contribution in [-0.2, 0) is 4.79 Å². The molecule has 3 N–H and O–H groups in total. The van der Waals surface area contributed by atoms with E-state index in [1.165, 1.54) is 70.6 Å². The zero-order valence-electron chi connectivity index (χ0n) is 19.3. The molecule has 0 saturated carbocycles. The SMILES string of the molecule is CCCCCCCCCCCCCSC[C@@H](O)[C@H](CO)NC(=O)CCCCCC. The molecule has 0 aromatic heterocycles. The maximum atomic E-state index is 11.9. The third-order valence-corrected chi connectivity index (χ3v) is 6.60. The summed E-state index contributed by atoms with van der Waals surface area (Å²) in [5, 5.41) is 22.5. The lowest BCUT2D eigenvalue weighted by molar-refractivity contribution is -0.123. The highest BCUT2D eigenvalue weighted by molar-refractivity contribution is 7.99. The van der Waals surface area contributed by atoms with Crippen LogP contribution in [0.25, 0.3) is 0 Å². The molecule has 0 aliphatic rings. The fourth-order valence-corrected chi connectivity index (χ4v) is 4.49. The van der Waals surface area contributed by atoms with Crippen molar-refractivity contribution in [2.75, 3.05) is 18.1 Å². The van der Waals surface area contributed by atoms with Gasteiger partial charge in [-0.05, 0) is 18.6 Å². The Hall–Kier alpha value is -0.260. The molecule has 0 radical (unpaired) electrons. The Kier molecular flexibility index (Phi) is 22.2. The molecule has 0 spiro atoms. The van der Waals surface area contributed by atoms with Crippen molar-refractivity contribution in [2.45, 2.75) is 129 Å². The van der Waals surface area contributed by atoms with Gasteiger partial charge in [0.25, 0.3) is 0 Å². The van der Waals surface area contributed by atoms with Gasteiger partial charge in [0.1, 0.15) is 0 Å². The topological polar surface area (TPSA) is 69.6 Å². The van der Waals surface area contributed by atoms with Crippen molar-refractivity contribution in [1.29, 1.82) is 0 Å². The van der Waals surface area contributed by atoms with Gasteiger partial charge in [-0.2, -0.15) is 11.8 Å². The maximum Gasteiger partial charge on any atom is 0.220 e. The number of aliphatic hydroxyl groups excluding tert-OH is 2. The van der Waals surface area contributed by atoms with E-state index in [1.54, 1.807) is 11.8 Å². The van der Waals surface area contributed by atoms with Crippen LogP contribution in [0.1, 0.15) is 117 Å². The number of hydrogen-bond acceptors (Lipinski definition) is 4. The number of amides is 1. The second-order valence-electron chi connectivity index (χ2n) is 8.35. The summed E-state index contributed by atoms with van der Waals surface area (Å²) >= 11 is 1.72. The molecule has 4 nitrogen and oxygen atoms in total. The number of carbonyl (C=O) groups is 1. The van der Waals surface area contributed by atoms with Crippen LogP contribution in [0, 0.1) is 0 Å². The molecule has 0 aromatic carbocycles. The lowest BCUT2D eigenvalue weighted by Gasteiger charge is -2.22. The number of thioether (sulfide) groups is 1. The van der Waals surface area contributed by atoms with E-state index in [9.17, 15) is 15.0 Å². The fourth-order valence-electron chi connectivity index (χ4n) is 3.44. The largest absolute Gasteiger partial charge is 0.394 e. The first kappa shape index (κ1) is 28.7. The average molecular weight is 432 g/mol. The van der Waals surface area contributed by atoms with Gasteiger partial charge in [0.05, 0.1) is 18.8 Å². The number of rotatable bonds is 22. The Morgan fingerprint density at radius 2 is 1.28 bits per heavy atom. The van der Waals surface area contributed by atoms with Crippen LogP contribution in [-0.4, -0.2) is 46.4 Å². The van der Waals surface area contributed by atoms with E-state index in [4.69, 9.17) is 0 Å². The molecule has 0 rings (SSSR count). The number of unbranched alkanes of at least 4 members (excludes halogenated alkanes) is 13. The second kappa shape index (κ2) is 22.4. The molecule has 5 heteroatoms. The van der Waals surface area contributed by atoms with Crippen LogP contribution in [0.4, 0.5) is 0 Å². The Labute approximate surface area is 185 Å². The molecule has 1 amide bonds. The van der Waals surface area contributed by atoms with E-state index in [0.29, 0.717) is 12.2 Å². The lowest BCUT2D eigenvalue weighted by atomic mass is 10.1. The Morgan fingerprint density at radius 3 is 1.79 bits per heavy atom. The third kappa shape index (κ3) is 19.4. The monoisotopic (exact) mass is 431 g/mol. The van der Waals surface area contributed by atoms with Crippen molar-refractivity contribution in [3.05, 3.63) is 0 Å². The minimum atomic E-state index is -0.683. The maximum absolute atomic E-state index is 11.9. The molecule has 0 aliphatic carbocycles. The first-order valence-corrected chi connectivity index (χ1v) is 13.5. The molecule has 2 atom stereocenters. The van der Waals surface area contributed by atoms with E-state index in [2.05, 4.69) is 19.2 Å². The smallest absolute Gasteiger partial charge is 0.220 e. The van der Waals surface area contributed by atoms with Crippen LogP contribution >= 0.6 is 11.8 Å². The van der Waals surface area contributed by atoms with Crippen molar-refractivity contribution in [3.8, 4) is 0 Å². The van der Waals surface area contributed by atoms with Gasteiger partial charge in [-0.1, -0.05) is 97.3 Å². The van der Waals surface area contributed by atoms with Crippen molar-refractivity contribution in [3.63, 3.8) is 0 Å². The summed E-state index contributed by atoms with van der Waals surface area (Å²) in [5.41, 5.74) is 0. The van der Waals surface area contributed by atoms with E-state index < -0.39 is 12.1 Å². The Balaban J connectivity index is 3.55. The van der Waals surface area contributed by atoms with Gasteiger partial charge in [0.15, 0.2) is 0 Å². The fraction of sp³-hybridized carbons (Fsp3) is 0.958. The van der Waals surface area contributed by atoms with Gasteiger partial charge in [-0.25, -0.2) is 0 Å². The highest BCUT2D eigenvalue weighted by atomic mass is 32.2. The van der Waals surface area contributed by atoms with Crippen molar-refractivity contribution >= 4 is 17.7 Å². The van der Waals surface area contributed by atoms with Gasteiger partial charge < -0.3 is 15.5 Å². The Bertz CT molecular complexity index is 355. The van der Waals surface area contributed by atoms with Crippen LogP contribution in [0.2, 0.25) is 0 Å². The molecular formula is C24H49NO3S. The molecule has 0 unspecified atom stereocenters. The summed E-state index contributed by atoms with van der Waals surface area (Å²) in [6, 6.07) is -0.543. The number of hydrogen-bond donors (Lipinski definition) is 3. The molecule has 0 aromatic rings. The quantitative estimate of drug-likeness (QED) is 0.188. The standard InChI is InChI=1S/C24H49NO3S/c1-3-5-7-9-10-11-12-13-14-15-17-19-29-21-23(27)22(20-26)25-24(28)18-16-8-6-4-2/h22-23,26-27H,3-21H2,1-2H3,(H,25,28)/t22-,23+/m0/s1. The van der Waals surface area contributed by atoms with Gasteiger partial charge in [0, 0.05) is 12.2 Å². The molecule has 0 aliphatic heterocycles. The normalized spacial score (nSPS) is 13.4. The van der Waals surface area contributed by atoms with Gasteiger partial charge in [-0.3, -0.25) is 4.79 Å². The predicted molar refractivity (Wildman–Crippen MR) is 128 cm³/mol. The first-order valence-electron chi connectivity index (χ1n) is 12.3. The van der Waals surface area contributed by atoms with E-state index in [0.717, 1.165) is 31.4 Å². The second-order valence-corrected chi connectivity index (χ2v) is 9.49. The lowest BCUT2D eigenvalue weighted by Crippen LogP contribution is -2.46. The zero-order chi connectivity index (χ0) is 21.6. The van der Waals surface area contributed by atoms with Crippen LogP contribution in [0.3, 0.4) is 0 Å². The van der Waals surface area contributed by atoms with Crippen molar-refractivity contribution in [2.24, 2.45) is 0 Å². The molecule has 0 heterocycles. The zero-order valence-corrected chi connectivity index (χ0v) is 20.1. The molecule has 29 heavy (non-hydrogen) atoms. The summed E-state index contributed by atoms with van der Waals surface area (Å²) in [5.74, 6) is 1.55. The van der Waals surface area contributed by atoms with E-state index in [-0.39, 0.29) is 12.5 Å². The highest BCUT2D eigenvalue weighted by Gasteiger charge is 2.20. The summed E-state index contributed by atoms with van der Waals surface area (Å²) in [7, 11) is 0. The van der Waals surface area contributed by atoms with Gasteiger partial charge >= 0.3 is 0 Å². The van der Waals surface area contributed by atoms with Crippen LogP contribution in [0.15, 0.2) is 0 Å². The molecule has 0 bridgehead atoms. The van der Waals surface area contributed by atoms with Gasteiger partial charge in [-0.15, -0.1) is 0 Å². The Morgan fingerprint density at radius 1 is 0.793 bits per heavy atom. The minimum absolute atomic E-state index is 0.0606. The summed E-state index contributed by atoms with van der Waals surface area (Å²) < 4.78 is 0. The predicted octanol–water partition coefficient (Wildman–Crippen LogP) is 5.84. The van der Waals surface area contributed by atoms with Crippen molar-refractivity contribution < 1.29 is 15.0 Å². The summed E-state index contributed by atoms with van der Waals surface area (Å²) in [6.45, 7) is 4.20. The van der Waals surface area contributed by atoms with E-state index in [1.807, 2.05) is 0 Å². The van der Waals surface area contributed by atoms with Crippen LogP contribution < -0.4 is 5.32 Å². The molecule has 0 fully saturated rings. The van der Waals surface area contributed by atoms with Crippen LogP contribution in [0.5, 0.6) is 0 Å². The van der Waals surface area contributed by atoms with Gasteiger partial charge in [0.2, 0.25) is 5.91 Å². The summed E-state index contributed by atoms with van der Waals surface area (Å²) in [6.07, 6.45) is 18.8. The summed E-state index contributed by atoms with van der Waals surface area (Å²) in [4.78, 5) is 11.9. The number of carbonyl (C=O) groups excluding carboxylic acids is 1. The van der Waals surface area contributed by atoms with E-state index >= 15 is 0 Å². The molecular weight excluding hydrogens is 382 g/mol. The highest BCUT2D eigenvalue weighted by Crippen LogP contribution is 2.14. The average Bonchev–Trinajstić information content (AvgIpc) is 2.72. The first-order chi connectivity index (χ1) is 14.2. The number of nitrogens with one attached hydrogen (secondary N) is 1. The molecule has 174 valence electrons. The third-order valence-electron chi connectivity index (χ3n) is 5.45. The molecule has 0 saturated heterocycles. The minimum Gasteiger partial charge on any atom is -0.394 e. The van der Waals surface area contributed by atoms with Crippen molar-refractivity contribution in [1.82, 2.24) is 5.32 Å².